The van der Waals surface area contributed by atoms with E-state index < -0.39 is 4.92 Å². The molecule has 0 aliphatic rings. The summed E-state index contributed by atoms with van der Waals surface area (Å²) in [6.45, 7) is 1.68. The monoisotopic (exact) mass is 364 g/mol. The maximum absolute atomic E-state index is 12.0. The highest BCUT2D eigenvalue weighted by molar-refractivity contribution is 7.14. The molecule has 1 heterocycles. The number of hydrogen-bond donors (Lipinski definition) is 1. The van der Waals surface area contributed by atoms with Gasteiger partial charge in [-0.2, -0.15) is 0 Å². The molecular weight excluding hydrogens is 344 g/mol. The van der Waals surface area contributed by atoms with Gasteiger partial charge in [0.2, 0.25) is 5.91 Å². The fourth-order valence-electron chi connectivity index (χ4n) is 2.20. The van der Waals surface area contributed by atoms with Crippen LogP contribution in [0.4, 0.5) is 10.8 Å². The van der Waals surface area contributed by atoms with Crippen molar-refractivity contribution in [1.82, 2.24) is 9.88 Å². The number of ether oxygens (including phenoxy) is 1. The number of carbonyl (C=O) groups excluding carboxylic acids is 1. The molecular formula is C16H20N4O4S. The van der Waals surface area contributed by atoms with Gasteiger partial charge < -0.3 is 10.1 Å². The van der Waals surface area contributed by atoms with Crippen molar-refractivity contribution >= 4 is 28.1 Å². The van der Waals surface area contributed by atoms with Crippen LogP contribution in [0.1, 0.15) is 6.42 Å². The summed E-state index contributed by atoms with van der Waals surface area (Å²) >= 11 is 1.28. The van der Waals surface area contributed by atoms with Gasteiger partial charge >= 0.3 is 0 Å². The van der Waals surface area contributed by atoms with E-state index in [1.807, 2.05) is 11.9 Å². The van der Waals surface area contributed by atoms with Crippen molar-refractivity contribution in [1.29, 1.82) is 0 Å². The molecule has 25 heavy (non-hydrogen) atoms. The number of nitro groups is 1. The Labute approximate surface area is 149 Å². The zero-order valence-electron chi connectivity index (χ0n) is 14.1. The van der Waals surface area contributed by atoms with E-state index in [4.69, 9.17) is 4.74 Å². The van der Waals surface area contributed by atoms with Crippen LogP contribution in [0.5, 0.6) is 0 Å². The van der Waals surface area contributed by atoms with Gasteiger partial charge in [-0.1, -0.05) is 12.1 Å². The van der Waals surface area contributed by atoms with Crippen molar-refractivity contribution in [2.24, 2.45) is 0 Å². The van der Waals surface area contributed by atoms with E-state index in [1.54, 1.807) is 24.6 Å². The molecule has 0 radical (unpaired) electrons. The largest absolute Gasteiger partial charge is 0.385 e. The number of hydrogen-bond acceptors (Lipinski definition) is 7. The summed E-state index contributed by atoms with van der Waals surface area (Å²) in [5.41, 5.74) is 1.24. The molecule has 0 aliphatic heterocycles. The Morgan fingerprint density at radius 3 is 3.00 bits per heavy atom. The number of carbonyl (C=O) groups is 1. The lowest BCUT2D eigenvalue weighted by Crippen LogP contribution is -2.31. The first-order valence-electron chi connectivity index (χ1n) is 7.67. The third-order valence-electron chi connectivity index (χ3n) is 3.41. The molecule has 0 unspecified atom stereocenters. The molecule has 0 aliphatic carbocycles. The van der Waals surface area contributed by atoms with Crippen LogP contribution in [0.25, 0.3) is 11.3 Å². The van der Waals surface area contributed by atoms with Gasteiger partial charge in [0, 0.05) is 43.3 Å². The standard InChI is InChI=1S/C16H20N4O4S/c1-19(7-4-8-24-2)10-15(21)18-16-17-14(11-25-16)12-5-3-6-13(9-12)20(22)23/h3,5-6,9,11H,4,7-8,10H2,1-2H3,(H,17,18,21). The zero-order valence-corrected chi connectivity index (χ0v) is 14.9. The Bertz CT molecular complexity index is 734. The van der Waals surface area contributed by atoms with E-state index in [0.717, 1.165) is 13.0 Å². The Balaban J connectivity index is 1.94. The van der Waals surface area contributed by atoms with Crippen LogP contribution in [0, 0.1) is 10.1 Å². The second-order valence-electron chi connectivity index (χ2n) is 5.48. The first kappa shape index (κ1) is 19.0. The van der Waals surface area contributed by atoms with E-state index in [9.17, 15) is 14.9 Å². The average molecular weight is 364 g/mol. The number of thiazole rings is 1. The molecule has 8 nitrogen and oxygen atoms in total. The number of non-ortho nitro benzene ring substituents is 1. The number of methoxy groups -OCH3 is 1. The number of nitrogens with zero attached hydrogens (tertiary/aromatic N) is 3. The van der Waals surface area contributed by atoms with Gasteiger partial charge in [-0.15, -0.1) is 11.3 Å². The Morgan fingerprint density at radius 1 is 1.48 bits per heavy atom. The van der Waals surface area contributed by atoms with Gasteiger partial charge in [0.05, 0.1) is 17.2 Å². The Morgan fingerprint density at radius 2 is 2.28 bits per heavy atom. The molecule has 1 aromatic carbocycles. The number of anilines is 1. The van der Waals surface area contributed by atoms with Gasteiger partial charge in [0.25, 0.3) is 5.69 Å². The minimum Gasteiger partial charge on any atom is -0.385 e. The van der Waals surface area contributed by atoms with Gasteiger partial charge in [0.1, 0.15) is 0 Å². The number of amides is 1. The molecule has 0 saturated heterocycles. The lowest BCUT2D eigenvalue weighted by molar-refractivity contribution is -0.384. The predicted molar refractivity (Wildman–Crippen MR) is 96.8 cm³/mol. The number of benzene rings is 1. The van der Waals surface area contributed by atoms with Crippen molar-refractivity contribution in [3.63, 3.8) is 0 Å². The topological polar surface area (TPSA) is 97.6 Å². The molecule has 0 atom stereocenters. The molecule has 2 aromatic rings. The van der Waals surface area contributed by atoms with Crippen LogP contribution in [-0.2, 0) is 9.53 Å². The van der Waals surface area contributed by atoms with Crippen LogP contribution in [0.2, 0.25) is 0 Å². The van der Waals surface area contributed by atoms with E-state index in [1.165, 1.54) is 23.5 Å². The molecule has 9 heteroatoms. The molecule has 1 amide bonds. The Hall–Kier alpha value is -2.36. The summed E-state index contributed by atoms with van der Waals surface area (Å²) in [6.07, 6.45) is 0.856. The maximum atomic E-state index is 12.0. The van der Waals surface area contributed by atoms with Crippen LogP contribution >= 0.6 is 11.3 Å². The first-order chi connectivity index (χ1) is 12.0. The lowest BCUT2D eigenvalue weighted by atomic mass is 10.1. The minimum absolute atomic E-state index is 0.00812. The highest BCUT2D eigenvalue weighted by Crippen LogP contribution is 2.27. The van der Waals surface area contributed by atoms with Gasteiger partial charge in [-0.25, -0.2) is 4.98 Å². The lowest BCUT2D eigenvalue weighted by Gasteiger charge is -2.15. The first-order valence-corrected chi connectivity index (χ1v) is 8.55. The van der Waals surface area contributed by atoms with Gasteiger partial charge in [-0.05, 0) is 13.5 Å². The van der Waals surface area contributed by atoms with E-state index >= 15 is 0 Å². The smallest absolute Gasteiger partial charge is 0.270 e. The molecule has 0 spiro atoms. The van der Waals surface area contributed by atoms with Crippen LogP contribution in [0.15, 0.2) is 29.6 Å². The molecule has 2 rings (SSSR count). The summed E-state index contributed by atoms with van der Waals surface area (Å²) < 4.78 is 4.98. The molecule has 134 valence electrons. The van der Waals surface area contributed by atoms with Gasteiger partial charge in [-0.3, -0.25) is 19.8 Å². The van der Waals surface area contributed by atoms with Crippen molar-refractivity contribution in [2.75, 3.05) is 39.2 Å². The molecule has 0 saturated carbocycles. The fraction of sp³-hybridized carbons (Fsp3) is 0.375. The number of nitrogens with one attached hydrogen (secondary N) is 1. The van der Waals surface area contributed by atoms with E-state index in [2.05, 4.69) is 10.3 Å². The quantitative estimate of drug-likeness (QED) is 0.417. The number of rotatable bonds is 9. The van der Waals surface area contributed by atoms with Crippen LogP contribution in [0.3, 0.4) is 0 Å². The SMILES string of the molecule is COCCCN(C)CC(=O)Nc1nc(-c2cccc([N+](=O)[O-])c2)cs1. The second-order valence-corrected chi connectivity index (χ2v) is 6.34. The van der Waals surface area contributed by atoms with Crippen molar-refractivity contribution in [3.05, 3.63) is 39.8 Å². The minimum atomic E-state index is -0.446. The fourth-order valence-corrected chi connectivity index (χ4v) is 2.94. The normalized spacial score (nSPS) is 10.8. The summed E-state index contributed by atoms with van der Waals surface area (Å²) in [5, 5.41) is 15.8. The van der Waals surface area contributed by atoms with Crippen LogP contribution < -0.4 is 5.32 Å². The van der Waals surface area contributed by atoms with E-state index in [0.29, 0.717) is 23.0 Å². The molecule has 0 fully saturated rings. The zero-order chi connectivity index (χ0) is 18.2. The third-order valence-corrected chi connectivity index (χ3v) is 4.16. The second kappa shape index (κ2) is 9.21. The van der Waals surface area contributed by atoms with E-state index in [-0.39, 0.29) is 18.1 Å². The molecule has 1 N–H and O–H groups in total. The van der Waals surface area contributed by atoms with Crippen molar-refractivity contribution < 1.29 is 14.5 Å². The summed E-state index contributed by atoms with van der Waals surface area (Å²) in [6, 6.07) is 6.25. The number of likely N-dealkylation sites (N-methyl/N-ethyl adjacent to an activating group) is 1. The molecule has 0 bridgehead atoms. The van der Waals surface area contributed by atoms with Crippen molar-refractivity contribution in [2.45, 2.75) is 6.42 Å². The average Bonchev–Trinajstić information content (AvgIpc) is 3.03. The third kappa shape index (κ3) is 5.89. The predicted octanol–water partition coefficient (Wildman–Crippen LogP) is 2.63. The summed E-state index contributed by atoms with van der Waals surface area (Å²) in [5.74, 6) is -0.153. The number of nitro benzene ring substituents is 1. The molecule has 1 aromatic heterocycles. The maximum Gasteiger partial charge on any atom is 0.270 e. The summed E-state index contributed by atoms with van der Waals surface area (Å²) in [7, 11) is 3.51. The van der Waals surface area contributed by atoms with Crippen molar-refractivity contribution in [3.8, 4) is 11.3 Å². The number of aromatic nitrogens is 1. The van der Waals surface area contributed by atoms with Crippen LogP contribution in [-0.4, -0.2) is 54.6 Å². The summed E-state index contributed by atoms with van der Waals surface area (Å²) in [4.78, 5) is 28.7. The van der Waals surface area contributed by atoms with Gasteiger partial charge in [0.15, 0.2) is 5.13 Å². The highest BCUT2D eigenvalue weighted by atomic mass is 32.1. The highest BCUT2D eigenvalue weighted by Gasteiger charge is 2.12. The Kier molecular flexibility index (Phi) is 6.99.